The van der Waals surface area contributed by atoms with Crippen molar-refractivity contribution in [3.05, 3.63) is 213 Å². The molecule has 330 valence electrons. The minimum absolute atomic E-state index is 0.986. The predicted molar refractivity (Wildman–Crippen MR) is 284 cm³/mol. The summed E-state index contributed by atoms with van der Waals surface area (Å²) in [5.74, 6) is 1.97. The van der Waals surface area contributed by atoms with E-state index in [-0.39, 0.29) is 0 Å². The molecule has 0 spiro atoms. The number of aryl methyl sites for hydroxylation is 8. The maximum absolute atomic E-state index is 8.11. The van der Waals surface area contributed by atoms with Gasteiger partial charge in [0.25, 0.3) is 0 Å². The fourth-order valence-corrected chi connectivity index (χ4v) is 14.5. The van der Waals surface area contributed by atoms with E-state index in [0.29, 0.717) is 0 Å². The van der Waals surface area contributed by atoms with E-state index in [4.69, 9.17) is 9.05 Å². The van der Waals surface area contributed by atoms with Crippen LogP contribution in [-0.2, 0) is 25.7 Å². The number of hydrogen-bond acceptors (Lipinski definition) is 2. The van der Waals surface area contributed by atoms with E-state index < -0.39 is 16.3 Å². The van der Waals surface area contributed by atoms with E-state index in [1.54, 1.807) is 0 Å². The number of rotatable bonds is 11. The van der Waals surface area contributed by atoms with Crippen molar-refractivity contribution < 1.29 is 9.05 Å². The van der Waals surface area contributed by atoms with Crippen LogP contribution >= 0.6 is 16.3 Å². The lowest BCUT2D eigenvalue weighted by Crippen LogP contribution is -2.19. The summed E-state index contributed by atoms with van der Waals surface area (Å²) >= 11 is 0. The summed E-state index contributed by atoms with van der Waals surface area (Å²) < 4.78 is 16.2. The van der Waals surface area contributed by atoms with Gasteiger partial charge < -0.3 is 9.05 Å². The zero-order valence-electron chi connectivity index (χ0n) is 39.4. The fourth-order valence-electron chi connectivity index (χ4n) is 11.0. The van der Waals surface area contributed by atoms with Crippen LogP contribution in [0.4, 0.5) is 0 Å². The van der Waals surface area contributed by atoms with Crippen molar-refractivity contribution in [1.82, 2.24) is 0 Å². The zero-order chi connectivity index (χ0) is 45.3. The Balaban J connectivity index is 1.38. The van der Waals surface area contributed by atoms with Crippen molar-refractivity contribution in [2.75, 3.05) is 0 Å². The van der Waals surface area contributed by atoms with Crippen molar-refractivity contribution in [3.63, 3.8) is 0 Å². The number of hydrogen-bond donors (Lipinski definition) is 0. The van der Waals surface area contributed by atoms with Crippen LogP contribution in [0.25, 0.3) is 33.4 Å². The molecule has 0 unspecified atom stereocenters. The van der Waals surface area contributed by atoms with Gasteiger partial charge in [-0.15, -0.1) is 0 Å². The molecule has 4 heteroatoms. The molecule has 0 atom stereocenters. The standard InChI is InChI=1S/C62H60O2P2/c1-41-35-43(3)57(44(4)36-41)55-39-47-23-19-21-33-53(47)59(61(55)63-65(49-25-11-7-12-26-49)50-27-13-8-14-28-50)60-54-34-22-20-24-48(54)40-56(58-45(5)37-42(2)38-46(58)6)62(60)64-66(51-29-15-9-16-30-51)52-31-17-10-18-32-52/h7-18,25-32,35-40H,19-24,33-34H2,1-6H3. The summed E-state index contributed by atoms with van der Waals surface area (Å²) in [5, 5.41) is 4.78. The third-order valence-electron chi connectivity index (χ3n) is 13.7. The minimum atomic E-state index is -1.29. The smallest absolute Gasteiger partial charge is 0.150 e. The SMILES string of the molecule is Cc1cc(C)c(-c2cc3c(c(-c4c5c(cc(-c6c(C)cc(C)cc6C)c4OP(c4ccccc4)c4ccccc4)CCCC5)c2OP(c2ccccc2)c2ccccc2)CCCC3)c(C)c1. The van der Waals surface area contributed by atoms with Gasteiger partial charge in [0.05, 0.1) is 0 Å². The van der Waals surface area contributed by atoms with E-state index in [0.717, 1.165) is 50.0 Å². The monoisotopic (exact) mass is 898 g/mol. The molecule has 0 bridgehead atoms. The zero-order valence-corrected chi connectivity index (χ0v) is 41.2. The second-order valence-electron chi connectivity index (χ2n) is 18.6. The van der Waals surface area contributed by atoms with E-state index >= 15 is 0 Å². The normalized spacial score (nSPS) is 13.4. The molecule has 0 aliphatic heterocycles. The minimum Gasteiger partial charge on any atom is -0.463 e. The first kappa shape index (κ1) is 44.1. The quantitative estimate of drug-likeness (QED) is 0.120. The van der Waals surface area contributed by atoms with Crippen molar-refractivity contribution in [3.8, 4) is 44.9 Å². The summed E-state index contributed by atoms with van der Waals surface area (Å²) in [6, 6.07) is 58.3. The Hall–Kier alpha value is -5.78. The largest absolute Gasteiger partial charge is 0.463 e. The Morgan fingerprint density at radius 1 is 0.333 bits per heavy atom. The molecule has 0 fully saturated rings. The number of benzene rings is 8. The first-order chi connectivity index (χ1) is 32.2. The maximum atomic E-state index is 8.11. The molecule has 8 aromatic rings. The molecule has 2 aliphatic rings. The molecule has 0 radical (unpaired) electrons. The Kier molecular flexibility index (Phi) is 12.8. The maximum Gasteiger partial charge on any atom is 0.150 e. The lowest BCUT2D eigenvalue weighted by Gasteiger charge is -2.33. The van der Waals surface area contributed by atoms with Crippen LogP contribution in [0.2, 0.25) is 0 Å². The Bertz CT molecular complexity index is 2700. The molecule has 66 heavy (non-hydrogen) atoms. The first-order valence-corrected chi connectivity index (χ1v) is 26.5. The summed E-state index contributed by atoms with van der Waals surface area (Å²) in [4.78, 5) is 0. The van der Waals surface area contributed by atoms with Gasteiger partial charge in [0, 0.05) is 43.5 Å². The third kappa shape index (κ3) is 8.68. The van der Waals surface area contributed by atoms with E-state index in [1.165, 1.54) is 123 Å². The van der Waals surface area contributed by atoms with Crippen LogP contribution in [0.15, 0.2) is 158 Å². The van der Waals surface area contributed by atoms with Gasteiger partial charge in [0.15, 0.2) is 16.3 Å². The van der Waals surface area contributed by atoms with Crippen LogP contribution < -0.4 is 30.3 Å². The van der Waals surface area contributed by atoms with Crippen LogP contribution in [-0.4, -0.2) is 0 Å². The highest BCUT2D eigenvalue weighted by atomic mass is 31.1. The molecule has 10 rings (SSSR count). The molecule has 8 aromatic carbocycles. The summed E-state index contributed by atoms with van der Waals surface area (Å²) in [6.07, 6.45) is 8.71. The molecule has 0 aromatic heterocycles. The molecule has 2 nitrogen and oxygen atoms in total. The first-order valence-electron chi connectivity index (χ1n) is 23.9. The summed E-state index contributed by atoms with van der Waals surface area (Å²) in [7, 11) is -2.58. The summed E-state index contributed by atoms with van der Waals surface area (Å²) in [6.45, 7) is 13.6. The van der Waals surface area contributed by atoms with Crippen LogP contribution in [0.1, 0.15) is 81.3 Å². The molecule has 0 saturated heterocycles. The van der Waals surface area contributed by atoms with Crippen LogP contribution in [0, 0.1) is 41.5 Å². The van der Waals surface area contributed by atoms with Gasteiger partial charge in [-0.25, -0.2) is 0 Å². The average Bonchev–Trinajstić information content (AvgIpc) is 3.33. The fraction of sp³-hybridized carbons (Fsp3) is 0.226. The average molecular weight is 899 g/mol. The van der Waals surface area contributed by atoms with Crippen LogP contribution in [0.5, 0.6) is 11.5 Å². The third-order valence-corrected chi connectivity index (χ3v) is 17.5. The molecule has 0 N–H and O–H groups in total. The van der Waals surface area contributed by atoms with Gasteiger partial charge in [-0.1, -0.05) is 157 Å². The highest BCUT2D eigenvalue weighted by Gasteiger charge is 2.35. The molecule has 0 heterocycles. The number of fused-ring (bicyclic) bond motifs is 2. The van der Waals surface area contributed by atoms with Crippen molar-refractivity contribution in [2.45, 2.75) is 92.9 Å². The summed E-state index contributed by atoms with van der Waals surface area (Å²) in [5.41, 5.74) is 20.8. The molecular weight excluding hydrogens is 839 g/mol. The topological polar surface area (TPSA) is 18.5 Å². The predicted octanol–water partition coefficient (Wildman–Crippen LogP) is 15.1. The van der Waals surface area contributed by atoms with Crippen molar-refractivity contribution >= 4 is 37.5 Å². The van der Waals surface area contributed by atoms with E-state index in [1.807, 2.05) is 0 Å². The lowest BCUT2D eigenvalue weighted by atomic mass is 9.76. The second-order valence-corrected chi connectivity index (χ2v) is 22.2. The Labute approximate surface area is 395 Å². The molecule has 2 aliphatic carbocycles. The Morgan fingerprint density at radius 3 is 0.924 bits per heavy atom. The van der Waals surface area contributed by atoms with Gasteiger partial charge in [-0.2, -0.15) is 0 Å². The van der Waals surface area contributed by atoms with Crippen LogP contribution in [0.3, 0.4) is 0 Å². The highest BCUT2D eigenvalue weighted by molar-refractivity contribution is 7.69. The van der Waals surface area contributed by atoms with Gasteiger partial charge >= 0.3 is 0 Å². The van der Waals surface area contributed by atoms with Gasteiger partial charge in [-0.05, 0) is 161 Å². The Morgan fingerprint density at radius 2 is 0.621 bits per heavy atom. The van der Waals surface area contributed by atoms with E-state index in [2.05, 4.69) is 199 Å². The van der Waals surface area contributed by atoms with Gasteiger partial charge in [0.1, 0.15) is 11.5 Å². The van der Waals surface area contributed by atoms with E-state index in [9.17, 15) is 0 Å². The van der Waals surface area contributed by atoms with Crippen molar-refractivity contribution in [1.29, 1.82) is 0 Å². The van der Waals surface area contributed by atoms with Gasteiger partial charge in [-0.3, -0.25) is 0 Å². The second kappa shape index (κ2) is 19.2. The molecular formula is C62H60O2P2. The van der Waals surface area contributed by atoms with Gasteiger partial charge in [0.2, 0.25) is 0 Å². The lowest BCUT2D eigenvalue weighted by molar-refractivity contribution is 0.612. The van der Waals surface area contributed by atoms with Crippen molar-refractivity contribution in [2.24, 2.45) is 0 Å². The molecule has 0 saturated carbocycles. The molecule has 0 amide bonds. The highest BCUT2D eigenvalue weighted by Crippen LogP contribution is 2.58.